The van der Waals surface area contributed by atoms with Crippen molar-refractivity contribution >= 4 is 5.82 Å². The Morgan fingerprint density at radius 2 is 1.97 bits per heavy atom. The van der Waals surface area contributed by atoms with Gasteiger partial charge in [-0.2, -0.15) is 0 Å². The lowest BCUT2D eigenvalue weighted by Crippen LogP contribution is -2.40. The number of phenols is 1. The number of hydrogen-bond acceptors (Lipinski definition) is 7. The largest absolute Gasteiger partial charge is 0.507 e. The number of nitrogens with zero attached hydrogens (tertiary/aromatic N) is 5. The second-order valence-corrected chi connectivity index (χ2v) is 7.33. The Balaban J connectivity index is 1.47. The van der Waals surface area contributed by atoms with Gasteiger partial charge in [0.2, 0.25) is 0 Å². The van der Waals surface area contributed by atoms with Crippen LogP contribution in [0.4, 0.5) is 5.82 Å². The number of benzene rings is 1. The first-order valence-electron chi connectivity index (χ1n) is 9.96. The Labute approximate surface area is 168 Å². The Bertz CT molecular complexity index is 986. The molecule has 2 aromatic heterocycles. The van der Waals surface area contributed by atoms with E-state index in [2.05, 4.69) is 20.1 Å². The molecule has 150 valence electrons. The van der Waals surface area contributed by atoms with Gasteiger partial charge >= 0.3 is 0 Å². The molecule has 0 unspecified atom stereocenters. The van der Waals surface area contributed by atoms with Crippen LogP contribution in [0.5, 0.6) is 11.5 Å². The lowest BCUT2D eigenvalue weighted by atomic mass is 10.1. The smallest absolute Gasteiger partial charge is 0.194 e. The van der Waals surface area contributed by atoms with Crippen LogP contribution in [0, 0.1) is 0 Å². The fourth-order valence-corrected chi connectivity index (χ4v) is 3.99. The Kier molecular flexibility index (Phi) is 4.77. The Morgan fingerprint density at radius 3 is 2.76 bits per heavy atom. The van der Waals surface area contributed by atoms with Crippen LogP contribution in [-0.4, -0.2) is 57.3 Å². The van der Waals surface area contributed by atoms with Gasteiger partial charge in [0.1, 0.15) is 11.4 Å². The SMILES string of the molecule is Oc1cc(-n2ccnc2)ccc1-c1cc2c(nn1)N(C1CCOCC1)CCCO2. The van der Waals surface area contributed by atoms with Gasteiger partial charge in [-0.15, -0.1) is 10.2 Å². The molecule has 1 fully saturated rings. The highest BCUT2D eigenvalue weighted by atomic mass is 16.5. The average molecular weight is 393 g/mol. The number of fused-ring (bicyclic) bond motifs is 1. The van der Waals surface area contributed by atoms with Crippen LogP contribution in [0.3, 0.4) is 0 Å². The van der Waals surface area contributed by atoms with E-state index in [1.54, 1.807) is 18.6 Å². The summed E-state index contributed by atoms with van der Waals surface area (Å²) in [6.07, 6.45) is 8.13. The molecule has 4 heterocycles. The third-order valence-electron chi connectivity index (χ3n) is 5.51. The number of phenolic OH excluding ortho intramolecular Hbond substituents is 1. The van der Waals surface area contributed by atoms with Gasteiger partial charge in [0.25, 0.3) is 0 Å². The fraction of sp³-hybridized carbons (Fsp3) is 0.381. The molecule has 2 aliphatic heterocycles. The van der Waals surface area contributed by atoms with Gasteiger partial charge in [-0.05, 0) is 31.4 Å². The quantitative estimate of drug-likeness (QED) is 0.732. The van der Waals surface area contributed by atoms with Crippen molar-refractivity contribution in [3.63, 3.8) is 0 Å². The number of ether oxygens (including phenoxy) is 2. The molecule has 0 bridgehead atoms. The third kappa shape index (κ3) is 3.51. The van der Waals surface area contributed by atoms with Crippen molar-refractivity contribution in [1.29, 1.82) is 0 Å². The average Bonchev–Trinajstić information content (AvgIpc) is 3.21. The molecule has 5 rings (SSSR count). The summed E-state index contributed by atoms with van der Waals surface area (Å²) in [7, 11) is 0. The van der Waals surface area contributed by atoms with Gasteiger partial charge in [-0.1, -0.05) is 0 Å². The van der Waals surface area contributed by atoms with E-state index >= 15 is 0 Å². The Morgan fingerprint density at radius 1 is 1.07 bits per heavy atom. The van der Waals surface area contributed by atoms with E-state index in [0.717, 1.165) is 56.3 Å². The third-order valence-corrected chi connectivity index (χ3v) is 5.51. The lowest BCUT2D eigenvalue weighted by molar-refractivity contribution is 0.0843. The van der Waals surface area contributed by atoms with Gasteiger partial charge in [0.05, 0.1) is 18.6 Å². The van der Waals surface area contributed by atoms with Crippen LogP contribution >= 0.6 is 0 Å². The van der Waals surface area contributed by atoms with Crippen LogP contribution in [0.2, 0.25) is 0 Å². The van der Waals surface area contributed by atoms with Crippen molar-refractivity contribution in [2.24, 2.45) is 0 Å². The summed E-state index contributed by atoms with van der Waals surface area (Å²) in [6.45, 7) is 3.10. The minimum Gasteiger partial charge on any atom is -0.507 e. The monoisotopic (exact) mass is 393 g/mol. The summed E-state index contributed by atoms with van der Waals surface area (Å²) in [5, 5.41) is 19.5. The summed E-state index contributed by atoms with van der Waals surface area (Å²) in [5.74, 6) is 1.64. The number of anilines is 1. The number of rotatable bonds is 3. The zero-order valence-electron chi connectivity index (χ0n) is 16.1. The van der Waals surface area contributed by atoms with Crippen molar-refractivity contribution in [2.75, 3.05) is 31.3 Å². The van der Waals surface area contributed by atoms with Crippen LogP contribution in [0.1, 0.15) is 19.3 Å². The molecule has 29 heavy (non-hydrogen) atoms. The zero-order valence-corrected chi connectivity index (χ0v) is 16.1. The fourth-order valence-electron chi connectivity index (χ4n) is 3.99. The highest BCUT2D eigenvalue weighted by Crippen LogP contribution is 2.37. The van der Waals surface area contributed by atoms with E-state index in [4.69, 9.17) is 9.47 Å². The summed E-state index contributed by atoms with van der Waals surface area (Å²) in [4.78, 5) is 6.35. The predicted molar refractivity (Wildman–Crippen MR) is 108 cm³/mol. The van der Waals surface area contributed by atoms with Crippen LogP contribution < -0.4 is 9.64 Å². The van der Waals surface area contributed by atoms with E-state index in [1.165, 1.54) is 0 Å². The van der Waals surface area contributed by atoms with Crippen LogP contribution in [-0.2, 0) is 4.74 Å². The molecule has 0 aliphatic carbocycles. The molecule has 0 spiro atoms. The second kappa shape index (κ2) is 7.71. The molecule has 1 saturated heterocycles. The molecule has 8 nitrogen and oxygen atoms in total. The summed E-state index contributed by atoms with van der Waals surface area (Å²) in [6, 6.07) is 7.73. The van der Waals surface area contributed by atoms with Gasteiger partial charge < -0.3 is 24.0 Å². The standard InChI is InChI=1S/C21H23N5O3/c27-19-12-16(25-8-6-22-14-25)2-3-17(19)18-13-20-21(24-23-18)26(7-1-9-29-20)15-4-10-28-11-5-15/h2-3,6,8,12-15,27H,1,4-5,7,9-11H2. The van der Waals surface area contributed by atoms with Crippen molar-refractivity contribution in [3.05, 3.63) is 43.0 Å². The lowest BCUT2D eigenvalue weighted by Gasteiger charge is -2.34. The van der Waals surface area contributed by atoms with Crippen molar-refractivity contribution in [3.8, 4) is 28.4 Å². The minimum absolute atomic E-state index is 0.139. The molecule has 0 atom stereocenters. The predicted octanol–water partition coefficient (Wildman–Crippen LogP) is 2.80. The van der Waals surface area contributed by atoms with E-state index < -0.39 is 0 Å². The van der Waals surface area contributed by atoms with Gasteiger partial charge in [0.15, 0.2) is 11.6 Å². The molecular formula is C21H23N5O3. The number of aromatic hydroxyl groups is 1. The highest BCUT2D eigenvalue weighted by molar-refractivity contribution is 5.71. The number of imidazole rings is 1. The van der Waals surface area contributed by atoms with Crippen molar-refractivity contribution in [2.45, 2.75) is 25.3 Å². The zero-order chi connectivity index (χ0) is 19.6. The maximum atomic E-state index is 10.6. The van der Waals surface area contributed by atoms with Crippen molar-refractivity contribution < 1.29 is 14.6 Å². The second-order valence-electron chi connectivity index (χ2n) is 7.33. The normalized spacial score (nSPS) is 17.4. The van der Waals surface area contributed by atoms with Crippen LogP contribution in [0.25, 0.3) is 16.9 Å². The summed E-state index contributed by atoms with van der Waals surface area (Å²) < 4.78 is 13.3. The molecular weight excluding hydrogens is 370 g/mol. The van der Waals surface area contributed by atoms with Gasteiger partial charge in [-0.25, -0.2) is 4.98 Å². The highest BCUT2D eigenvalue weighted by Gasteiger charge is 2.28. The van der Waals surface area contributed by atoms with E-state index in [1.807, 2.05) is 29.0 Å². The maximum Gasteiger partial charge on any atom is 0.194 e. The maximum absolute atomic E-state index is 10.6. The molecule has 0 amide bonds. The first-order chi connectivity index (χ1) is 14.3. The Hall–Kier alpha value is -3.13. The van der Waals surface area contributed by atoms with Gasteiger partial charge in [-0.3, -0.25) is 0 Å². The first kappa shape index (κ1) is 17.9. The molecule has 3 aromatic rings. The number of hydrogen-bond donors (Lipinski definition) is 1. The number of aromatic nitrogens is 4. The molecule has 0 radical (unpaired) electrons. The topological polar surface area (TPSA) is 85.5 Å². The van der Waals surface area contributed by atoms with Crippen LogP contribution in [0.15, 0.2) is 43.0 Å². The van der Waals surface area contributed by atoms with Crippen molar-refractivity contribution in [1.82, 2.24) is 19.7 Å². The first-order valence-corrected chi connectivity index (χ1v) is 9.96. The van der Waals surface area contributed by atoms with E-state index in [-0.39, 0.29) is 5.75 Å². The summed E-state index contributed by atoms with van der Waals surface area (Å²) in [5.41, 5.74) is 2.04. The molecule has 2 aliphatic rings. The molecule has 1 N–H and O–H groups in total. The minimum atomic E-state index is 0.139. The molecule has 0 saturated carbocycles. The van der Waals surface area contributed by atoms with E-state index in [9.17, 15) is 5.11 Å². The van der Waals surface area contributed by atoms with Gasteiger partial charge in [0, 0.05) is 55.9 Å². The van der Waals surface area contributed by atoms with E-state index in [0.29, 0.717) is 23.9 Å². The molecule has 8 heteroatoms. The summed E-state index contributed by atoms with van der Waals surface area (Å²) >= 11 is 0. The molecule has 1 aromatic carbocycles.